The molecule has 1 aliphatic heterocycles. The van der Waals surface area contributed by atoms with Crippen LogP contribution in [0.5, 0.6) is 0 Å². The Hall–Kier alpha value is -2.34. The van der Waals surface area contributed by atoms with Crippen LogP contribution in [0.1, 0.15) is 15.9 Å². The van der Waals surface area contributed by atoms with E-state index in [2.05, 4.69) is 4.98 Å². The van der Waals surface area contributed by atoms with Crippen molar-refractivity contribution in [1.82, 2.24) is 4.98 Å². The van der Waals surface area contributed by atoms with E-state index in [9.17, 15) is 9.59 Å². The average molecular weight is 328 g/mol. The molecule has 1 atom stereocenters. The lowest BCUT2D eigenvalue weighted by Crippen LogP contribution is -2.43. The van der Waals surface area contributed by atoms with Gasteiger partial charge < -0.3 is 4.74 Å². The number of benzene rings is 1. The highest BCUT2D eigenvalue weighted by atomic mass is 32.2. The molecule has 0 saturated heterocycles. The number of hydrogen-bond acceptors (Lipinski definition) is 5. The molecule has 23 heavy (non-hydrogen) atoms. The Morgan fingerprint density at radius 3 is 2.70 bits per heavy atom. The van der Waals surface area contributed by atoms with Gasteiger partial charge >= 0.3 is 5.97 Å². The minimum atomic E-state index is -0.634. The Bertz CT molecular complexity index is 746. The third-order valence-electron chi connectivity index (χ3n) is 3.86. The maximum Gasteiger partial charge on any atom is 0.329 e. The first-order chi connectivity index (χ1) is 11.2. The Kier molecular flexibility index (Phi) is 4.34. The lowest BCUT2D eigenvalue weighted by atomic mass is 10.1. The summed E-state index contributed by atoms with van der Waals surface area (Å²) in [4.78, 5) is 30.8. The van der Waals surface area contributed by atoms with Crippen molar-refractivity contribution in [2.75, 3.05) is 18.3 Å². The number of rotatable bonds is 3. The number of carbonyl (C=O) groups excluding carboxylic acids is 2. The third-order valence-corrected chi connectivity index (χ3v) is 4.52. The normalized spacial score (nSPS) is 16.1. The molecule has 3 rings (SSSR count). The highest BCUT2D eigenvalue weighted by Crippen LogP contribution is 2.33. The van der Waals surface area contributed by atoms with Crippen molar-refractivity contribution in [2.45, 2.75) is 17.5 Å². The molecular formula is C17H16N2O3S. The first-order valence-electron chi connectivity index (χ1n) is 7.15. The molecule has 0 radical (unpaired) electrons. The van der Waals surface area contributed by atoms with Crippen molar-refractivity contribution in [1.29, 1.82) is 0 Å². The fourth-order valence-corrected chi connectivity index (χ4v) is 3.09. The molecule has 5 nitrogen and oxygen atoms in total. The van der Waals surface area contributed by atoms with Crippen LogP contribution in [0.4, 0.5) is 5.69 Å². The summed E-state index contributed by atoms with van der Waals surface area (Å²) in [7, 11) is 1.34. The molecule has 0 aliphatic carbocycles. The number of anilines is 1. The fourth-order valence-electron chi connectivity index (χ4n) is 2.73. The number of hydrogen-bond donors (Lipinski definition) is 0. The monoisotopic (exact) mass is 328 g/mol. The topological polar surface area (TPSA) is 59.5 Å². The summed E-state index contributed by atoms with van der Waals surface area (Å²) in [6.45, 7) is 0. The van der Waals surface area contributed by atoms with Gasteiger partial charge in [-0.25, -0.2) is 9.78 Å². The van der Waals surface area contributed by atoms with Crippen LogP contribution in [0, 0.1) is 0 Å². The fraction of sp³-hybridized carbons (Fsp3) is 0.235. The number of esters is 1. The van der Waals surface area contributed by atoms with E-state index in [0.29, 0.717) is 12.0 Å². The second-order valence-corrected chi connectivity index (χ2v) is 5.96. The summed E-state index contributed by atoms with van der Waals surface area (Å²) in [6, 6.07) is 10.4. The van der Waals surface area contributed by atoms with Gasteiger partial charge in [0.15, 0.2) is 0 Å². The van der Waals surface area contributed by atoms with Gasteiger partial charge in [-0.1, -0.05) is 18.2 Å². The lowest BCUT2D eigenvalue weighted by Gasteiger charge is -2.23. The molecule has 1 aromatic carbocycles. The van der Waals surface area contributed by atoms with E-state index >= 15 is 0 Å². The molecule has 0 N–H and O–H groups in total. The van der Waals surface area contributed by atoms with Gasteiger partial charge in [-0.05, 0) is 30.0 Å². The van der Waals surface area contributed by atoms with E-state index in [0.717, 1.165) is 16.3 Å². The van der Waals surface area contributed by atoms with Crippen molar-refractivity contribution in [2.24, 2.45) is 0 Å². The van der Waals surface area contributed by atoms with Crippen LogP contribution in [-0.4, -0.2) is 36.3 Å². The third kappa shape index (κ3) is 2.82. The minimum Gasteiger partial charge on any atom is -0.467 e. The van der Waals surface area contributed by atoms with Gasteiger partial charge in [0.25, 0.3) is 5.91 Å². The summed E-state index contributed by atoms with van der Waals surface area (Å²) in [5, 5.41) is 0.841. The number of amides is 1. The van der Waals surface area contributed by atoms with Gasteiger partial charge in [-0.15, -0.1) is 11.8 Å². The number of nitrogens with zero attached hydrogens (tertiary/aromatic N) is 2. The Morgan fingerprint density at radius 1 is 1.26 bits per heavy atom. The molecule has 2 heterocycles. The molecular weight excluding hydrogens is 312 g/mol. The summed E-state index contributed by atoms with van der Waals surface area (Å²) in [5.41, 5.74) is 2.17. The highest BCUT2D eigenvalue weighted by molar-refractivity contribution is 7.98. The lowest BCUT2D eigenvalue weighted by molar-refractivity contribution is -0.141. The molecule has 1 amide bonds. The van der Waals surface area contributed by atoms with Gasteiger partial charge in [-0.3, -0.25) is 9.69 Å². The van der Waals surface area contributed by atoms with Gasteiger partial charge in [0.2, 0.25) is 0 Å². The maximum atomic E-state index is 12.9. The smallest absolute Gasteiger partial charge is 0.329 e. The Morgan fingerprint density at radius 2 is 2.04 bits per heavy atom. The van der Waals surface area contributed by atoms with Crippen LogP contribution in [0.2, 0.25) is 0 Å². The zero-order valence-corrected chi connectivity index (χ0v) is 13.7. The number of fused-ring (bicyclic) bond motifs is 1. The number of ether oxygens (including phenoxy) is 1. The average Bonchev–Trinajstić information content (AvgIpc) is 3.00. The largest absolute Gasteiger partial charge is 0.467 e. The molecule has 1 unspecified atom stereocenters. The molecule has 2 aromatic rings. The molecule has 1 aromatic heterocycles. The Balaban J connectivity index is 1.99. The van der Waals surface area contributed by atoms with Gasteiger partial charge in [-0.2, -0.15) is 0 Å². The van der Waals surface area contributed by atoms with E-state index in [1.165, 1.54) is 23.8 Å². The second kappa shape index (κ2) is 6.42. The van der Waals surface area contributed by atoms with Crippen LogP contribution in [0.25, 0.3) is 0 Å². The van der Waals surface area contributed by atoms with Crippen LogP contribution in [0.3, 0.4) is 0 Å². The predicted octanol–water partition coefficient (Wildman–Crippen LogP) is 2.55. The SMILES string of the molecule is COC(=O)C1Cc2ccccc2N1C(=O)c1ccc(SC)nc1. The molecule has 1 aliphatic rings. The molecule has 0 bridgehead atoms. The predicted molar refractivity (Wildman–Crippen MR) is 88.8 cm³/mol. The molecule has 0 spiro atoms. The highest BCUT2D eigenvalue weighted by Gasteiger charge is 2.39. The maximum absolute atomic E-state index is 12.9. The zero-order chi connectivity index (χ0) is 16.4. The van der Waals surface area contributed by atoms with E-state index in [1.54, 1.807) is 18.3 Å². The number of thioether (sulfide) groups is 1. The minimum absolute atomic E-state index is 0.245. The van der Waals surface area contributed by atoms with Crippen molar-refractivity contribution in [3.05, 3.63) is 53.7 Å². The van der Waals surface area contributed by atoms with Crippen LogP contribution in [0.15, 0.2) is 47.6 Å². The first kappa shape index (κ1) is 15.6. The van der Waals surface area contributed by atoms with Gasteiger partial charge in [0.05, 0.1) is 17.7 Å². The van der Waals surface area contributed by atoms with Crippen LogP contribution in [-0.2, 0) is 16.0 Å². The Labute approximate surface area is 138 Å². The number of aromatic nitrogens is 1. The first-order valence-corrected chi connectivity index (χ1v) is 8.37. The summed E-state index contributed by atoms with van der Waals surface area (Å²) in [5.74, 6) is -0.659. The van der Waals surface area contributed by atoms with E-state index in [4.69, 9.17) is 4.74 Å². The standard InChI is InChI=1S/C17H16N2O3S/c1-22-17(21)14-9-11-5-3-4-6-13(11)19(14)16(20)12-7-8-15(23-2)18-10-12/h3-8,10,14H,9H2,1-2H3. The van der Waals surface area contributed by atoms with Crippen molar-refractivity contribution < 1.29 is 14.3 Å². The molecule has 6 heteroatoms. The molecule has 0 saturated carbocycles. The van der Waals surface area contributed by atoms with E-state index < -0.39 is 12.0 Å². The van der Waals surface area contributed by atoms with Crippen LogP contribution < -0.4 is 4.90 Å². The van der Waals surface area contributed by atoms with Crippen molar-refractivity contribution in [3.8, 4) is 0 Å². The van der Waals surface area contributed by atoms with E-state index in [1.807, 2.05) is 30.5 Å². The van der Waals surface area contributed by atoms with Gasteiger partial charge in [0.1, 0.15) is 6.04 Å². The number of methoxy groups -OCH3 is 1. The summed E-state index contributed by atoms with van der Waals surface area (Å²) in [6.07, 6.45) is 3.93. The number of carbonyl (C=O) groups is 2. The summed E-state index contributed by atoms with van der Waals surface area (Å²) < 4.78 is 4.87. The van der Waals surface area contributed by atoms with Crippen LogP contribution >= 0.6 is 11.8 Å². The second-order valence-electron chi connectivity index (χ2n) is 5.14. The van der Waals surface area contributed by atoms with Crippen molar-refractivity contribution >= 4 is 29.3 Å². The van der Waals surface area contributed by atoms with E-state index in [-0.39, 0.29) is 5.91 Å². The molecule has 118 valence electrons. The molecule has 0 fully saturated rings. The van der Waals surface area contributed by atoms with Gasteiger partial charge in [0, 0.05) is 18.3 Å². The summed E-state index contributed by atoms with van der Waals surface area (Å²) >= 11 is 1.51. The zero-order valence-electron chi connectivity index (χ0n) is 12.9. The number of para-hydroxylation sites is 1. The van der Waals surface area contributed by atoms with Crippen molar-refractivity contribution in [3.63, 3.8) is 0 Å². The number of pyridine rings is 1. The quantitative estimate of drug-likeness (QED) is 0.640.